The molecule has 1 aromatic carbocycles. The molecule has 0 aliphatic carbocycles. The van der Waals surface area contributed by atoms with Gasteiger partial charge in [0.25, 0.3) is 0 Å². The number of fused-ring (bicyclic) bond motifs is 1. The maximum atomic E-state index is 13.8. The van der Waals surface area contributed by atoms with Crippen molar-refractivity contribution in [2.75, 3.05) is 13.2 Å². The molecule has 0 amide bonds. The molecule has 1 N–H and O–H groups in total. The van der Waals surface area contributed by atoms with Gasteiger partial charge in [-0.25, -0.2) is 9.37 Å². The highest BCUT2D eigenvalue weighted by Crippen LogP contribution is 2.23. The van der Waals surface area contributed by atoms with E-state index in [2.05, 4.69) is 14.5 Å². The quantitative estimate of drug-likeness (QED) is 0.931. The van der Waals surface area contributed by atoms with Gasteiger partial charge >= 0.3 is 0 Å². The molecule has 2 aromatic rings. The first-order valence-corrected chi connectivity index (χ1v) is 7.23. The molecule has 0 radical (unpaired) electrons. The molecule has 0 saturated carbocycles. The average Bonchev–Trinajstić information content (AvgIpc) is 3.03. The van der Waals surface area contributed by atoms with Crippen LogP contribution >= 0.6 is 0 Å². The molecule has 1 aromatic heterocycles. The molecule has 2 heterocycles. The van der Waals surface area contributed by atoms with Gasteiger partial charge in [0.1, 0.15) is 11.3 Å². The van der Waals surface area contributed by atoms with Crippen LogP contribution in [0.25, 0.3) is 11.0 Å². The summed E-state index contributed by atoms with van der Waals surface area (Å²) >= 11 is 0. The van der Waals surface area contributed by atoms with E-state index in [0.717, 1.165) is 37.3 Å². The molecule has 0 unspecified atom stereocenters. The number of likely N-dealkylation sites (tertiary alicyclic amines) is 1. The molecule has 3 rings (SSSR count). The maximum Gasteiger partial charge on any atom is 0.151 e. The average molecular weight is 277 g/mol. The number of hydrogen-bond acceptors (Lipinski definition) is 3. The van der Waals surface area contributed by atoms with Crippen molar-refractivity contribution in [2.45, 2.75) is 38.9 Å². The van der Waals surface area contributed by atoms with Crippen LogP contribution in [0.3, 0.4) is 0 Å². The molecule has 1 atom stereocenters. The third kappa shape index (κ3) is 2.21. The van der Waals surface area contributed by atoms with Crippen LogP contribution in [-0.4, -0.2) is 38.8 Å². The Morgan fingerprint density at radius 2 is 2.30 bits per heavy atom. The Balaban J connectivity index is 1.97. The van der Waals surface area contributed by atoms with Crippen molar-refractivity contribution < 1.29 is 9.50 Å². The lowest BCUT2D eigenvalue weighted by atomic mass is 10.2. The summed E-state index contributed by atoms with van der Waals surface area (Å²) in [4.78, 5) is 6.72. The van der Waals surface area contributed by atoms with Crippen molar-refractivity contribution in [3.63, 3.8) is 0 Å². The van der Waals surface area contributed by atoms with Gasteiger partial charge in [0.2, 0.25) is 0 Å². The fourth-order valence-corrected chi connectivity index (χ4v) is 3.13. The van der Waals surface area contributed by atoms with Crippen LogP contribution in [0.4, 0.5) is 4.39 Å². The topological polar surface area (TPSA) is 41.3 Å². The lowest BCUT2D eigenvalue weighted by Gasteiger charge is -2.22. The van der Waals surface area contributed by atoms with Gasteiger partial charge in [-0.05, 0) is 38.4 Å². The van der Waals surface area contributed by atoms with E-state index in [-0.39, 0.29) is 18.5 Å². The van der Waals surface area contributed by atoms with Crippen LogP contribution in [0.5, 0.6) is 0 Å². The molecule has 0 bridgehead atoms. The maximum absolute atomic E-state index is 13.8. The lowest BCUT2D eigenvalue weighted by molar-refractivity contribution is 0.150. The van der Waals surface area contributed by atoms with E-state index in [4.69, 9.17) is 0 Å². The van der Waals surface area contributed by atoms with Gasteiger partial charge in [-0.2, -0.15) is 0 Å². The second-order valence-electron chi connectivity index (χ2n) is 5.33. The smallest absolute Gasteiger partial charge is 0.151 e. The van der Waals surface area contributed by atoms with Crippen molar-refractivity contribution in [2.24, 2.45) is 0 Å². The summed E-state index contributed by atoms with van der Waals surface area (Å²) in [6.07, 6.45) is 2.13. The molecule has 1 fully saturated rings. The van der Waals surface area contributed by atoms with Gasteiger partial charge in [-0.15, -0.1) is 0 Å². The van der Waals surface area contributed by atoms with E-state index in [1.165, 1.54) is 6.07 Å². The molecule has 0 spiro atoms. The summed E-state index contributed by atoms with van der Waals surface area (Å²) in [5.41, 5.74) is 1.30. The first kappa shape index (κ1) is 13.5. The van der Waals surface area contributed by atoms with Crippen LogP contribution in [-0.2, 0) is 13.1 Å². The van der Waals surface area contributed by atoms with E-state index in [9.17, 15) is 9.50 Å². The summed E-state index contributed by atoms with van der Waals surface area (Å²) in [6, 6.07) is 5.30. The Kier molecular flexibility index (Phi) is 3.72. The summed E-state index contributed by atoms with van der Waals surface area (Å²) in [5.74, 6) is 0.615. The van der Waals surface area contributed by atoms with E-state index < -0.39 is 0 Å². The number of aromatic nitrogens is 2. The van der Waals surface area contributed by atoms with E-state index >= 15 is 0 Å². The van der Waals surface area contributed by atoms with Crippen molar-refractivity contribution >= 4 is 11.0 Å². The van der Waals surface area contributed by atoms with E-state index in [0.29, 0.717) is 12.1 Å². The zero-order valence-corrected chi connectivity index (χ0v) is 11.7. The predicted octanol–water partition coefficient (Wildman–Crippen LogP) is 2.15. The molecule has 20 heavy (non-hydrogen) atoms. The third-order valence-electron chi connectivity index (χ3n) is 4.18. The summed E-state index contributed by atoms with van der Waals surface area (Å²) in [5, 5.41) is 9.40. The van der Waals surface area contributed by atoms with E-state index in [1.54, 1.807) is 6.07 Å². The van der Waals surface area contributed by atoms with Crippen LogP contribution in [0.2, 0.25) is 0 Å². The number of aliphatic hydroxyl groups is 1. The predicted molar refractivity (Wildman–Crippen MR) is 75.9 cm³/mol. The van der Waals surface area contributed by atoms with Crippen LogP contribution in [0.1, 0.15) is 25.6 Å². The monoisotopic (exact) mass is 277 g/mol. The summed E-state index contributed by atoms with van der Waals surface area (Å²) < 4.78 is 15.9. The van der Waals surface area contributed by atoms with Crippen molar-refractivity contribution in [1.82, 2.24) is 14.5 Å². The second kappa shape index (κ2) is 5.50. The fraction of sp³-hybridized carbons (Fsp3) is 0.533. The van der Waals surface area contributed by atoms with Crippen molar-refractivity contribution in [1.29, 1.82) is 0 Å². The molecule has 4 nitrogen and oxygen atoms in total. The van der Waals surface area contributed by atoms with Gasteiger partial charge in [0.05, 0.1) is 18.7 Å². The van der Waals surface area contributed by atoms with Crippen molar-refractivity contribution in [3.05, 3.63) is 29.8 Å². The van der Waals surface area contributed by atoms with Crippen molar-refractivity contribution in [3.8, 4) is 0 Å². The highest BCUT2D eigenvalue weighted by molar-refractivity contribution is 5.76. The highest BCUT2D eigenvalue weighted by atomic mass is 19.1. The highest BCUT2D eigenvalue weighted by Gasteiger charge is 2.25. The van der Waals surface area contributed by atoms with Gasteiger partial charge < -0.3 is 9.67 Å². The van der Waals surface area contributed by atoms with Crippen LogP contribution in [0.15, 0.2) is 18.2 Å². The Morgan fingerprint density at radius 3 is 3.05 bits per heavy atom. The normalized spacial score (nSPS) is 20.1. The number of rotatable bonds is 4. The zero-order chi connectivity index (χ0) is 14.1. The van der Waals surface area contributed by atoms with Gasteiger partial charge in [-0.1, -0.05) is 6.07 Å². The Hall–Kier alpha value is -1.46. The number of hydrogen-bond donors (Lipinski definition) is 1. The summed E-state index contributed by atoms with van der Waals surface area (Å²) in [6.45, 7) is 4.64. The third-order valence-corrected chi connectivity index (χ3v) is 4.18. The second-order valence-corrected chi connectivity index (χ2v) is 5.33. The Morgan fingerprint density at radius 1 is 1.45 bits per heavy atom. The molecular weight excluding hydrogens is 257 g/mol. The Labute approximate surface area is 117 Å². The first-order chi connectivity index (χ1) is 9.74. The SMILES string of the molecule is CCn1c(CN2CCC[C@H]2CO)nc2c(F)cccc21. The lowest BCUT2D eigenvalue weighted by Crippen LogP contribution is -2.32. The molecule has 1 aliphatic heterocycles. The largest absolute Gasteiger partial charge is 0.395 e. The van der Waals surface area contributed by atoms with Gasteiger partial charge in [0.15, 0.2) is 5.82 Å². The molecule has 1 aliphatic rings. The number of para-hydroxylation sites is 1. The number of nitrogens with zero attached hydrogens (tertiary/aromatic N) is 3. The summed E-state index contributed by atoms with van der Waals surface area (Å²) in [7, 11) is 0. The minimum Gasteiger partial charge on any atom is -0.395 e. The number of aliphatic hydroxyl groups excluding tert-OH is 1. The van der Waals surface area contributed by atoms with Crippen LogP contribution in [0, 0.1) is 5.82 Å². The number of imidazole rings is 1. The molecule has 108 valence electrons. The molecule has 1 saturated heterocycles. The Bertz CT molecular complexity index is 610. The van der Waals surface area contributed by atoms with E-state index in [1.807, 2.05) is 13.0 Å². The fourth-order valence-electron chi connectivity index (χ4n) is 3.13. The van der Waals surface area contributed by atoms with Crippen LogP contribution < -0.4 is 0 Å². The minimum absolute atomic E-state index is 0.181. The molecule has 5 heteroatoms. The van der Waals surface area contributed by atoms with Gasteiger partial charge in [0, 0.05) is 12.6 Å². The first-order valence-electron chi connectivity index (χ1n) is 7.23. The zero-order valence-electron chi connectivity index (χ0n) is 11.7. The number of halogens is 1. The standard InChI is InChI=1S/C15H20FN3O/c1-2-19-13-7-3-6-12(16)15(13)17-14(19)9-18-8-4-5-11(18)10-20/h3,6-7,11,20H,2,4-5,8-10H2,1H3/t11-/m0/s1. The molecular formula is C15H20FN3O. The van der Waals surface area contributed by atoms with Gasteiger partial charge in [-0.3, -0.25) is 4.90 Å². The number of benzene rings is 1. The minimum atomic E-state index is -0.268. The number of aryl methyl sites for hydroxylation is 1.